The smallest absolute Gasteiger partial charge is 0.149 e. The van der Waals surface area contributed by atoms with E-state index in [0.717, 1.165) is 38.6 Å². The third-order valence-electron chi connectivity index (χ3n) is 3.03. The van der Waals surface area contributed by atoms with Crippen LogP contribution in [0.4, 0.5) is 0 Å². The standard InChI is InChI=1S/C13H23NO/c1-2-3-4-5-6-10-13(15)12-9-7-8-11-14-12/h2,12,14H,1,3-11H2. The molecule has 1 unspecified atom stereocenters. The summed E-state index contributed by atoms with van der Waals surface area (Å²) in [5, 5.41) is 3.31. The molecule has 86 valence electrons. The van der Waals surface area contributed by atoms with E-state index in [0.29, 0.717) is 5.78 Å². The number of rotatable bonds is 7. The lowest BCUT2D eigenvalue weighted by Crippen LogP contribution is -2.40. The van der Waals surface area contributed by atoms with Crippen LogP contribution in [0.1, 0.15) is 51.4 Å². The number of carbonyl (C=O) groups excluding carboxylic acids is 1. The second-order valence-corrected chi connectivity index (χ2v) is 4.36. The van der Waals surface area contributed by atoms with Gasteiger partial charge in [0.15, 0.2) is 0 Å². The molecule has 0 aromatic carbocycles. The molecule has 0 spiro atoms. The number of hydrogen-bond acceptors (Lipinski definition) is 2. The van der Waals surface area contributed by atoms with Gasteiger partial charge < -0.3 is 5.32 Å². The van der Waals surface area contributed by atoms with Gasteiger partial charge in [0.05, 0.1) is 6.04 Å². The second-order valence-electron chi connectivity index (χ2n) is 4.36. The highest BCUT2D eigenvalue weighted by atomic mass is 16.1. The number of unbranched alkanes of at least 4 members (excludes halogenated alkanes) is 3. The third kappa shape index (κ3) is 5.12. The molecule has 1 aliphatic heterocycles. The fourth-order valence-corrected chi connectivity index (χ4v) is 2.07. The average Bonchev–Trinajstić information content (AvgIpc) is 2.30. The topological polar surface area (TPSA) is 29.1 Å². The van der Waals surface area contributed by atoms with Crippen molar-refractivity contribution < 1.29 is 4.79 Å². The lowest BCUT2D eigenvalue weighted by molar-refractivity contribution is -0.121. The molecular formula is C13H23NO. The third-order valence-corrected chi connectivity index (χ3v) is 3.03. The first-order valence-corrected chi connectivity index (χ1v) is 6.21. The Hall–Kier alpha value is -0.630. The van der Waals surface area contributed by atoms with Gasteiger partial charge in [-0.15, -0.1) is 6.58 Å². The van der Waals surface area contributed by atoms with Crippen LogP contribution >= 0.6 is 0 Å². The molecule has 2 nitrogen and oxygen atoms in total. The van der Waals surface area contributed by atoms with Crippen molar-refractivity contribution in [2.75, 3.05) is 6.54 Å². The van der Waals surface area contributed by atoms with Crippen LogP contribution in [0.3, 0.4) is 0 Å². The van der Waals surface area contributed by atoms with Gasteiger partial charge in [0, 0.05) is 6.42 Å². The molecule has 0 aromatic heterocycles. The van der Waals surface area contributed by atoms with Crippen molar-refractivity contribution in [1.29, 1.82) is 0 Å². The zero-order valence-electron chi connectivity index (χ0n) is 9.63. The average molecular weight is 209 g/mol. The Morgan fingerprint density at radius 2 is 2.20 bits per heavy atom. The van der Waals surface area contributed by atoms with Gasteiger partial charge in [0.1, 0.15) is 5.78 Å². The summed E-state index contributed by atoms with van der Waals surface area (Å²) in [7, 11) is 0. The van der Waals surface area contributed by atoms with Crippen molar-refractivity contribution in [3.8, 4) is 0 Å². The molecule has 1 rings (SSSR count). The summed E-state index contributed by atoms with van der Waals surface area (Å²) < 4.78 is 0. The predicted molar refractivity (Wildman–Crippen MR) is 63.9 cm³/mol. The second kappa shape index (κ2) is 7.63. The van der Waals surface area contributed by atoms with Crippen molar-refractivity contribution in [3.63, 3.8) is 0 Å². The van der Waals surface area contributed by atoms with Gasteiger partial charge in [-0.1, -0.05) is 18.9 Å². The molecule has 0 amide bonds. The van der Waals surface area contributed by atoms with E-state index < -0.39 is 0 Å². The minimum atomic E-state index is 0.165. The molecule has 0 aliphatic carbocycles. The highest BCUT2D eigenvalue weighted by Gasteiger charge is 2.19. The van der Waals surface area contributed by atoms with Crippen molar-refractivity contribution in [3.05, 3.63) is 12.7 Å². The van der Waals surface area contributed by atoms with E-state index in [-0.39, 0.29) is 6.04 Å². The summed E-state index contributed by atoms with van der Waals surface area (Å²) >= 11 is 0. The van der Waals surface area contributed by atoms with E-state index in [1.54, 1.807) is 0 Å². The largest absolute Gasteiger partial charge is 0.307 e. The van der Waals surface area contributed by atoms with Crippen molar-refractivity contribution in [2.24, 2.45) is 0 Å². The van der Waals surface area contributed by atoms with E-state index >= 15 is 0 Å². The number of piperidine rings is 1. The Bertz CT molecular complexity index is 195. The lowest BCUT2D eigenvalue weighted by Gasteiger charge is -2.22. The number of ketones is 1. The Labute approximate surface area is 93.1 Å². The van der Waals surface area contributed by atoms with E-state index in [9.17, 15) is 4.79 Å². The van der Waals surface area contributed by atoms with Crippen molar-refractivity contribution >= 4 is 5.78 Å². The number of hydrogen-bond donors (Lipinski definition) is 1. The maximum atomic E-state index is 11.7. The zero-order chi connectivity index (χ0) is 10.9. The first-order valence-electron chi connectivity index (χ1n) is 6.21. The molecule has 1 saturated heterocycles. The SMILES string of the molecule is C=CCCCCCC(=O)C1CCCCN1. The van der Waals surface area contributed by atoms with Gasteiger partial charge in [-0.2, -0.15) is 0 Å². The molecule has 0 saturated carbocycles. The first-order chi connectivity index (χ1) is 7.34. The van der Waals surface area contributed by atoms with Gasteiger partial charge in [0.2, 0.25) is 0 Å². The number of Topliss-reactive ketones (excluding diaryl/α,β-unsaturated/α-hetero) is 1. The van der Waals surface area contributed by atoms with Crippen LogP contribution in [-0.4, -0.2) is 18.4 Å². The molecular weight excluding hydrogens is 186 g/mol. The number of allylic oxidation sites excluding steroid dienone is 1. The van der Waals surface area contributed by atoms with E-state index in [1.807, 2.05) is 6.08 Å². The summed E-state index contributed by atoms with van der Waals surface area (Å²) in [6.45, 7) is 4.71. The quantitative estimate of drug-likeness (QED) is 0.516. The highest BCUT2D eigenvalue weighted by Crippen LogP contribution is 2.12. The first kappa shape index (κ1) is 12.4. The van der Waals surface area contributed by atoms with Gasteiger partial charge in [0.25, 0.3) is 0 Å². The molecule has 1 aliphatic rings. The van der Waals surface area contributed by atoms with Crippen molar-refractivity contribution in [1.82, 2.24) is 5.32 Å². The number of nitrogens with one attached hydrogen (secondary N) is 1. The molecule has 1 atom stereocenters. The Kier molecular flexibility index (Phi) is 6.33. The molecule has 1 heterocycles. The van der Waals surface area contributed by atoms with Crippen LogP contribution in [0.25, 0.3) is 0 Å². The fraction of sp³-hybridized carbons (Fsp3) is 0.769. The normalized spacial score (nSPS) is 21.2. The Morgan fingerprint density at radius 1 is 1.33 bits per heavy atom. The highest BCUT2D eigenvalue weighted by molar-refractivity contribution is 5.84. The lowest BCUT2D eigenvalue weighted by atomic mass is 9.97. The monoisotopic (exact) mass is 209 g/mol. The summed E-state index contributed by atoms with van der Waals surface area (Å²) in [6, 6.07) is 0.165. The van der Waals surface area contributed by atoms with Crippen LogP contribution in [-0.2, 0) is 4.79 Å². The van der Waals surface area contributed by atoms with E-state index in [4.69, 9.17) is 0 Å². The van der Waals surface area contributed by atoms with Crippen LogP contribution < -0.4 is 5.32 Å². The minimum absolute atomic E-state index is 0.165. The predicted octanol–water partition coefficient (Wildman–Crippen LogP) is 2.83. The van der Waals surface area contributed by atoms with Gasteiger partial charge >= 0.3 is 0 Å². The van der Waals surface area contributed by atoms with Gasteiger partial charge in [-0.3, -0.25) is 4.79 Å². The minimum Gasteiger partial charge on any atom is -0.307 e. The maximum absolute atomic E-state index is 11.7. The molecule has 15 heavy (non-hydrogen) atoms. The molecule has 0 radical (unpaired) electrons. The molecule has 1 fully saturated rings. The van der Waals surface area contributed by atoms with Crippen LogP contribution in [0.15, 0.2) is 12.7 Å². The molecule has 2 heteroatoms. The van der Waals surface area contributed by atoms with Crippen LogP contribution in [0.5, 0.6) is 0 Å². The summed E-state index contributed by atoms with van der Waals surface area (Å²) in [5.74, 6) is 0.424. The summed E-state index contributed by atoms with van der Waals surface area (Å²) in [5.41, 5.74) is 0. The van der Waals surface area contributed by atoms with E-state index in [2.05, 4.69) is 11.9 Å². The van der Waals surface area contributed by atoms with E-state index in [1.165, 1.54) is 19.3 Å². The Balaban J connectivity index is 2.04. The van der Waals surface area contributed by atoms with Gasteiger partial charge in [-0.25, -0.2) is 0 Å². The van der Waals surface area contributed by atoms with Crippen LogP contribution in [0, 0.1) is 0 Å². The van der Waals surface area contributed by atoms with Crippen molar-refractivity contribution in [2.45, 2.75) is 57.4 Å². The Morgan fingerprint density at radius 3 is 2.87 bits per heavy atom. The zero-order valence-corrected chi connectivity index (χ0v) is 9.63. The van der Waals surface area contributed by atoms with Gasteiger partial charge in [-0.05, 0) is 38.6 Å². The summed E-state index contributed by atoms with van der Waals surface area (Å²) in [4.78, 5) is 11.7. The molecule has 0 bridgehead atoms. The summed E-state index contributed by atoms with van der Waals surface area (Å²) in [6.07, 6.45) is 10.6. The van der Waals surface area contributed by atoms with Crippen LogP contribution in [0.2, 0.25) is 0 Å². The maximum Gasteiger partial charge on any atom is 0.149 e. The molecule has 0 aromatic rings. The fourth-order valence-electron chi connectivity index (χ4n) is 2.07. The molecule has 1 N–H and O–H groups in total. The number of carbonyl (C=O) groups is 1.